The van der Waals surface area contributed by atoms with Gasteiger partial charge >= 0.3 is 0 Å². The molecule has 0 saturated carbocycles. The average molecular weight is 332 g/mol. The molecule has 112 valence electrons. The van der Waals surface area contributed by atoms with Crippen molar-refractivity contribution < 1.29 is 9.53 Å². The van der Waals surface area contributed by atoms with E-state index in [1.165, 1.54) is 12.7 Å². The van der Waals surface area contributed by atoms with Gasteiger partial charge in [-0.1, -0.05) is 23.7 Å². The number of carbonyl (C=O) groups is 1. The average Bonchev–Trinajstić information content (AvgIpc) is 2.56. The van der Waals surface area contributed by atoms with Crippen molar-refractivity contribution in [3.8, 4) is 11.8 Å². The van der Waals surface area contributed by atoms with E-state index in [1.807, 2.05) is 24.3 Å². The van der Waals surface area contributed by atoms with Crippen molar-refractivity contribution in [2.24, 2.45) is 0 Å². The number of thioether (sulfide) groups is 1. The van der Waals surface area contributed by atoms with Crippen LogP contribution in [0.4, 0.5) is 0 Å². The number of halogens is 1. The zero-order chi connectivity index (χ0) is 15.9. The van der Waals surface area contributed by atoms with Gasteiger partial charge in [-0.15, -0.1) is 11.8 Å². The van der Waals surface area contributed by atoms with Gasteiger partial charge in [0.1, 0.15) is 18.1 Å². The number of ether oxygens (including phenoxy) is 1. The quantitative estimate of drug-likeness (QED) is 0.582. The van der Waals surface area contributed by atoms with Gasteiger partial charge in [-0.25, -0.2) is 0 Å². The van der Waals surface area contributed by atoms with Gasteiger partial charge in [0.15, 0.2) is 0 Å². The largest absolute Gasteiger partial charge is 0.496 e. The molecule has 22 heavy (non-hydrogen) atoms. The van der Waals surface area contributed by atoms with E-state index < -0.39 is 0 Å². The number of nitriles is 1. The van der Waals surface area contributed by atoms with Crippen LogP contribution in [0.25, 0.3) is 0 Å². The molecule has 0 radical (unpaired) electrons. The normalized spacial score (nSPS) is 10.0. The lowest BCUT2D eigenvalue weighted by atomic mass is 10.1. The van der Waals surface area contributed by atoms with Crippen LogP contribution >= 0.6 is 23.4 Å². The Bertz CT molecular complexity index is 708. The third kappa shape index (κ3) is 4.03. The SMILES string of the molecule is COc1cc(C=O)cc(C#N)c1SCCc1ccc(Cl)cc1. The highest BCUT2D eigenvalue weighted by Gasteiger charge is 2.12. The van der Waals surface area contributed by atoms with Gasteiger partial charge in [-0.05, 0) is 36.2 Å². The minimum atomic E-state index is 0.440. The highest BCUT2D eigenvalue weighted by atomic mass is 35.5. The molecule has 0 bridgehead atoms. The predicted molar refractivity (Wildman–Crippen MR) is 89.0 cm³/mol. The fraction of sp³-hybridized carbons (Fsp3) is 0.176. The first-order valence-corrected chi connectivity index (χ1v) is 7.99. The van der Waals surface area contributed by atoms with Crippen LogP contribution in [0.3, 0.4) is 0 Å². The molecule has 0 amide bonds. The molecule has 5 heteroatoms. The van der Waals surface area contributed by atoms with Gasteiger partial charge in [0.2, 0.25) is 0 Å². The smallest absolute Gasteiger partial charge is 0.150 e. The Morgan fingerprint density at radius 3 is 2.64 bits per heavy atom. The van der Waals surface area contributed by atoms with E-state index in [4.69, 9.17) is 16.3 Å². The first-order chi connectivity index (χ1) is 10.7. The topological polar surface area (TPSA) is 50.1 Å². The number of carbonyl (C=O) groups excluding carboxylic acids is 1. The molecule has 0 atom stereocenters. The zero-order valence-corrected chi connectivity index (χ0v) is 13.6. The van der Waals surface area contributed by atoms with E-state index in [-0.39, 0.29) is 0 Å². The second-order valence-electron chi connectivity index (χ2n) is 4.55. The summed E-state index contributed by atoms with van der Waals surface area (Å²) >= 11 is 7.41. The number of methoxy groups -OCH3 is 1. The van der Waals surface area contributed by atoms with Gasteiger partial charge in [0.25, 0.3) is 0 Å². The molecule has 0 heterocycles. The maximum Gasteiger partial charge on any atom is 0.150 e. The van der Waals surface area contributed by atoms with Crippen molar-refractivity contribution in [1.29, 1.82) is 5.26 Å². The molecule has 0 fully saturated rings. The lowest BCUT2D eigenvalue weighted by Crippen LogP contribution is -1.95. The second-order valence-corrected chi connectivity index (χ2v) is 6.10. The lowest BCUT2D eigenvalue weighted by molar-refractivity contribution is 0.112. The Labute approximate surface area is 138 Å². The van der Waals surface area contributed by atoms with Crippen molar-refractivity contribution in [2.45, 2.75) is 11.3 Å². The number of benzene rings is 2. The van der Waals surface area contributed by atoms with Crippen molar-refractivity contribution in [3.05, 3.63) is 58.1 Å². The van der Waals surface area contributed by atoms with Crippen LogP contribution in [0, 0.1) is 11.3 Å². The molecule has 2 aromatic rings. The van der Waals surface area contributed by atoms with Crippen LogP contribution < -0.4 is 4.74 Å². The number of hydrogen-bond donors (Lipinski definition) is 0. The Morgan fingerprint density at radius 1 is 1.32 bits per heavy atom. The van der Waals surface area contributed by atoms with Crippen LogP contribution in [0.5, 0.6) is 5.75 Å². The van der Waals surface area contributed by atoms with Crippen LogP contribution in [-0.4, -0.2) is 19.1 Å². The molecule has 0 aliphatic carbocycles. The van der Waals surface area contributed by atoms with E-state index in [1.54, 1.807) is 23.9 Å². The molecular weight excluding hydrogens is 318 g/mol. The summed E-state index contributed by atoms with van der Waals surface area (Å²) in [5, 5.41) is 9.97. The summed E-state index contributed by atoms with van der Waals surface area (Å²) < 4.78 is 5.30. The standard InChI is InChI=1S/C17H14ClNO2S/c1-21-16-9-13(11-20)8-14(10-19)17(16)22-7-6-12-2-4-15(18)5-3-12/h2-5,8-9,11H,6-7H2,1H3. The number of nitrogens with zero attached hydrogens (tertiary/aromatic N) is 1. The molecule has 0 N–H and O–H groups in total. The van der Waals surface area contributed by atoms with Gasteiger partial charge < -0.3 is 4.74 Å². The number of aryl methyl sites for hydroxylation is 1. The van der Waals surface area contributed by atoms with Gasteiger partial charge in [0, 0.05) is 16.3 Å². The summed E-state index contributed by atoms with van der Waals surface area (Å²) in [5.41, 5.74) is 2.08. The van der Waals surface area contributed by atoms with Crippen LogP contribution in [0.15, 0.2) is 41.3 Å². The Morgan fingerprint density at radius 2 is 2.05 bits per heavy atom. The van der Waals surface area contributed by atoms with Crippen LogP contribution in [-0.2, 0) is 6.42 Å². The second kappa shape index (κ2) is 7.88. The summed E-state index contributed by atoms with van der Waals surface area (Å²) in [5.74, 6) is 1.36. The summed E-state index contributed by atoms with van der Waals surface area (Å²) in [6.45, 7) is 0. The fourth-order valence-electron chi connectivity index (χ4n) is 2.00. The monoisotopic (exact) mass is 331 g/mol. The number of hydrogen-bond acceptors (Lipinski definition) is 4. The fourth-order valence-corrected chi connectivity index (χ4v) is 3.21. The maximum atomic E-state index is 10.9. The first kappa shape index (κ1) is 16.4. The van der Waals surface area contributed by atoms with Gasteiger partial charge in [-0.3, -0.25) is 4.79 Å². The van der Waals surface area contributed by atoms with Gasteiger partial charge in [-0.2, -0.15) is 5.26 Å². The van der Waals surface area contributed by atoms with E-state index >= 15 is 0 Å². The zero-order valence-electron chi connectivity index (χ0n) is 12.0. The number of aldehydes is 1. The van der Waals surface area contributed by atoms with Crippen molar-refractivity contribution in [1.82, 2.24) is 0 Å². The molecule has 3 nitrogen and oxygen atoms in total. The number of rotatable bonds is 6. The van der Waals surface area contributed by atoms with E-state index in [2.05, 4.69) is 6.07 Å². The summed E-state index contributed by atoms with van der Waals surface area (Å²) in [7, 11) is 1.54. The lowest BCUT2D eigenvalue weighted by Gasteiger charge is -2.11. The van der Waals surface area contributed by atoms with Gasteiger partial charge in [0.05, 0.1) is 17.6 Å². The minimum Gasteiger partial charge on any atom is -0.496 e. The van der Waals surface area contributed by atoms with Crippen LogP contribution in [0.2, 0.25) is 5.02 Å². The predicted octanol–water partition coefficient (Wildman–Crippen LogP) is 4.37. The molecule has 2 rings (SSSR count). The molecule has 0 aliphatic rings. The van der Waals surface area contributed by atoms with Crippen LogP contribution in [0.1, 0.15) is 21.5 Å². The third-order valence-corrected chi connectivity index (χ3v) is 4.47. The Kier molecular flexibility index (Phi) is 5.88. The summed E-state index contributed by atoms with van der Waals surface area (Å²) in [6.07, 6.45) is 1.57. The molecule has 0 saturated heterocycles. The minimum absolute atomic E-state index is 0.440. The molecule has 0 unspecified atom stereocenters. The van der Waals surface area contributed by atoms with Crippen molar-refractivity contribution in [2.75, 3.05) is 12.9 Å². The molecule has 0 spiro atoms. The molecular formula is C17H14ClNO2S. The van der Waals surface area contributed by atoms with Crippen molar-refractivity contribution in [3.63, 3.8) is 0 Å². The highest BCUT2D eigenvalue weighted by molar-refractivity contribution is 7.99. The molecule has 2 aromatic carbocycles. The van der Waals surface area contributed by atoms with E-state index in [0.717, 1.165) is 17.1 Å². The Hall–Kier alpha value is -1.96. The highest BCUT2D eigenvalue weighted by Crippen LogP contribution is 2.34. The summed E-state index contributed by atoms with van der Waals surface area (Å²) in [6, 6.07) is 13.1. The molecule has 0 aliphatic heterocycles. The van der Waals surface area contributed by atoms with Crippen molar-refractivity contribution >= 4 is 29.6 Å². The van der Waals surface area contributed by atoms with E-state index in [9.17, 15) is 10.1 Å². The van der Waals surface area contributed by atoms with E-state index in [0.29, 0.717) is 28.2 Å². The third-order valence-electron chi connectivity index (χ3n) is 3.10. The first-order valence-electron chi connectivity index (χ1n) is 6.62. The Balaban J connectivity index is 2.13. The summed E-state index contributed by atoms with van der Waals surface area (Å²) in [4.78, 5) is 11.7. The molecule has 0 aromatic heterocycles. The maximum absolute atomic E-state index is 10.9.